The second-order valence-corrected chi connectivity index (χ2v) is 8.83. The second kappa shape index (κ2) is 10.6. The first-order valence-electron chi connectivity index (χ1n) is 11.9. The molecule has 36 heavy (non-hydrogen) atoms. The van der Waals surface area contributed by atoms with Gasteiger partial charge in [0.15, 0.2) is 0 Å². The number of anilines is 3. The number of rotatable bonds is 6. The summed E-state index contributed by atoms with van der Waals surface area (Å²) in [6.45, 7) is 5.04. The van der Waals surface area contributed by atoms with Crippen LogP contribution in [0.2, 0.25) is 0 Å². The van der Waals surface area contributed by atoms with Gasteiger partial charge in [-0.25, -0.2) is 4.79 Å². The lowest BCUT2D eigenvalue weighted by Crippen LogP contribution is -2.48. The molecule has 0 atom stereocenters. The van der Waals surface area contributed by atoms with Gasteiger partial charge in [0.1, 0.15) is 5.69 Å². The van der Waals surface area contributed by atoms with E-state index < -0.39 is 16.8 Å². The molecule has 2 aliphatic heterocycles. The highest BCUT2D eigenvalue weighted by Crippen LogP contribution is 2.33. The number of nitrogens with zero attached hydrogens (tertiary/aromatic N) is 4. The van der Waals surface area contributed by atoms with E-state index in [4.69, 9.17) is 4.74 Å². The fourth-order valence-corrected chi connectivity index (χ4v) is 4.65. The molecule has 2 amide bonds. The Kier molecular flexibility index (Phi) is 7.37. The quantitative estimate of drug-likeness (QED) is 0.368. The summed E-state index contributed by atoms with van der Waals surface area (Å²) in [6, 6.07) is 9.38. The summed E-state index contributed by atoms with van der Waals surface area (Å²) in [4.78, 5) is 53.9. The van der Waals surface area contributed by atoms with Gasteiger partial charge in [-0.05, 0) is 43.2 Å². The smallest absolute Gasteiger partial charge is 0.337 e. The summed E-state index contributed by atoms with van der Waals surface area (Å²) in [5.41, 5.74) is 1.87. The molecule has 4 rings (SSSR count). The Hall–Kier alpha value is -4.15. The van der Waals surface area contributed by atoms with E-state index in [1.54, 1.807) is 35.2 Å². The van der Waals surface area contributed by atoms with Crippen LogP contribution in [0.1, 0.15) is 40.5 Å². The third-order valence-corrected chi connectivity index (χ3v) is 6.61. The van der Waals surface area contributed by atoms with Gasteiger partial charge < -0.3 is 24.8 Å². The third-order valence-electron chi connectivity index (χ3n) is 6.61. The number of nitro groups is 1. The maximum Gasteiger partial charge on any atom is 0.337 e. The summed E-state index contributed by atoms with van der Waals surface area (Å²) < 4.78 is 4.81. The highest BCUT2D eigenvalue weighted by Gasteiger charge is 2.26. The zero-order valence-corrected chi connectivity index (χ0v) is 20.4. The standard InChI is InChI=1S/C25H29N5O6/c1-17(31)27-11-13-29(14-12-27)22-8-5-18(16-23(22)30(34)35)24(32)26-20-15-19(25(33)36-2)6-7-21(20)28-9-3-4-10-28/h5-8,15-16H,3-4,9-14H2,1-2H3,(H,26,32). The number of carbonyl (C=O) groups is 3. The summed E-state index contributed by atoms with van der Waals surface area (Å²) in [5.74, 6) is -1.07. The molecule has 190 valence electrons. The predicted molar refractivity (Wildman–Crippen MR) is 135 cm³/mol. The Morgan fingerprint density at radius 1 is 0.889 bits per heavy atom. The molecule has 0 bridgehead atoms. The van der Waals surface area contributed by atoms with Gasteiger partial charge in [-0.15, -0.1) is 0 Å². The highest BCUT2D eigenvalue weighted by atomic mass is 16.6. The van der Waals surface area contributed by atoms with Gasteiger partial charge in [0.05, 0.1) is 29.0 Å². The molecule has 2 fully saturated rings. The van der Waals surface area contributed by atoms with Crippen LogP contribution in [0.15, 0.2) is 36.4 Å². The van der Waals surface area contributed by atoms with Crippen LogP contribution in [0.25, 0.3) is 0 Å². The maximum absolute atomic E-state index is 13.2. The van der Waals surface area contributed by atoms with E-state index in [1.165, 1.54) is 20.1 Å². The predicted octanol–water partition coefficient (Wildman–Crippen LogP) is 2.90. The Bertz CT molecular complexity index is 1190. The molecule has 2 saturated heterocycles. The first kappa shape index (κ1) is 25.0. The summed E-state index contributed by atoms with van der Waals surface area (Å²) in [6.07, 6.45) is 2.06. The lowest BCUT2D eigenvalue weighted by Gasteiger charge is -2.35. The minimum atomic E-state index is -0.525. The molecule has 11 heteroatoms. The first-order chi connectivity index (χ1) is 17.3. The van der Waals surface area contributed by atoms with Crippen LogP contribution in [0.3, 0.4) is 0 Å². The summed E-state index contributed by atoms with van der Waals surface area (Å²) >= 11 is 0. The van der Waals surface area contributed by atoms with Crippen LogP contribution in [-0.2, 0) is 9.53 Å². The first-order valence-corrected chi connectivity index (χ1v) is 11.9. The number of hydrogen-bond acceptors (Lipinski definition) is 8. The van der Waals surface area contributed by atoms with Crippen LogP contribution in [0.4, 0.5) is 22.7 Å². The van der Waals surface area contributed by atoms with Crippen LogP contribution in [0.5, 0.6) is 0 Å². The van der Waals surface area contributed by atoms with Gasteiger partial charge in [-0.1, -0.05) is 0 Å². The van der Waals surface area contributed by atoms with Crippen molar-refractivity contribution in [1.29, 1.82) is 0 Å². The lowest BCUT2D eigenvalue weighted by molar-refractivity contribution is -0.384. The number of hydrogen-bond donors (Lipinski definition) is 1. The fraction of sp³-hybridized carbons (Fsp3) is 0.400. The average molecular weight is 496 g/mol. The normalized spacial score (nSPS) is 15.6. The van der Waals surface area contributed by atoms with Crippen LogP contribution in [-0.4, -0.2) is 74.0 Å². The molecule has 1 N–H and O–H groups in total. The van der Waals surface area contributed by atoms with Crippen molar-refractivity contribution in [3.05, 3.63) is 57.6 Å². The van der Waals surface area contributed by atoms with E-state index in [-0.39, 0.29) is 17.2 Å². The van der Waals surface area contributed by atoms with E-state index in [0.29, 0.717) is 43.1 Å². The largest absolute Gasteiger partial charge is 0.465 e. The van der Waals surface area contributed by atoms with Crippen molar-refractivity contribution in [2.45, 2.75) is 19.8 Å². The number of piperazine rings is 1. The van der Waals surface area contributed by atoms with Crippen molar-refractivity contribution in [3.63, 3.8) is 0 Å². The van der Waals surface area contributed by atoms with Crippen molar-refractivity contribution in [3.8, 4) is 0 Å². The van der Waals surface area contributed by atoms with E-state index in [9.17, 15) is 24.5 Å². The number of nitrogens with one attached hydrogen (secondary N) is 1. The summed E-state index contributed by atoms with van der Waals surface area (Å²) in [7, 11) is 1.29. The molecule has 2 heterocycles. The fourth-order valence-electron chi connectivity index (χ4n) is 4.65. The van der Waals surface area contributed by atoms with Crippen LogP contribution < -0.4 is 15.1 Å². The van der Waals surface area contributed by atoms with E-state index in [2.05, 4.69) is 10.2 Å². The van der Waals surface area contributed by atoms with Crippen LogP contribution >= 0.6 is 0 Å². The minimum absolute atomic E-state index is 0.0271. The molecule has 11 nitrogen and oxygen atoms in total. The van der Waals surface area contributed by atoms with E-state index in [0.717, 1.165) is 31.6 Å². The number of amides is 2. The third kappa shape index (κ3) is 5.24. The van der Waals surface area contributed by atoms with Crippen molar-refractivity contribution < 1.29 is 24.0 Å². The number of methoxy groups -OCH3 is 1. The molecule has 0 saturated carbocycles. The Labute approximate surface area is 208 Å². The van der Waals surface area contributed by atoms with Gasteiger partial charge in [0.2, 0.25) is 5.91 Å². The van der Waals surface area contributed by atoms with E-state index in [1.807, 2.05) is 4.90 Å². The van der Waals surface area contributed by atoms with Gasteiger partial charge >= 0.3 is 5.97 Å². The average Bonchev–Trinajstić information content (AvgIpc) is 3.42. The Balaban J connectivity index is 1.59. The number of esters is 1. The zero-order valence-electron chi connectivity index (χ0n) is 20.4. The number of nitro benzene ring substituents is 1. The Morgan fingerprint density at radius 2 is 1.50 bits per heavy atom. The van der Waals surface area contributed by atoms with Crippen molar-refractivity contribution >= 4 is 40.5 Å². The molecule has 0 aliphatic carbocycles. The number of ether oxygens (including phenoxy) is 1. The van der Waals surface area contributed by atoms with Crippen LogP contribution in [0, 0.1) is 10.1 Å². The van der Waals surface area contributed by atoms with E-state index >= 15 is 0 Å². The zero-order chi connectivity index (χ0) is 25.8. The summed E-state index contributed by atoms with van der Waals surface area (Å²) in [5, 5.41) is 14.7. The van der Waals surface area contributed by atoms with Gasteiger partial charge in [-0.2, -0.15) is 0 Å². The molecule has 0 aromatic heterocycles. The van der Waals surface area contributed by atoms with Gasteiger partial charge in [0, 0.05) is 57.8 Å². The lowest BCUT2D eigenvalue weighted by atomic mass is 10.1. The van der Waals surface area contributed by atoms with Crippen molar-refractivity contribution in [2.24, 2.45) is 0 Å². The van der Waals surface area contributed by atoms with Crippen molar-refractivity contribution in [2.75, 3.05) is 61.5 Å². The molecule has 0 unspecified atom stereocenters. The molecule has 2 aromatic carbocycles. The van der Waals surface area contributed by atoms with Gasteiger partial charge in [0.25, 0.3) is 11.6 Å². The molecular weight excluding hydrogens is 466 g/mol. The highest BCUT2D eigenvalue weighted by molar-refractivity contribution is 6.07. The molecule has 0 spiro atoms. The Morgan fingerprint density at radius 3 is 2.11 bits per heavy atom. The second-order valence-electron chi connectivity index (χ2n) is 8.83. The molecular formula is C25H29N5O6. The monoisotopic (exact) mass is 495 g/mol. The molecule has 0 radical (unpaired) electrons. The van der Waals surface area contributed by atoms with Crippen molar-refractivity contribution in [1.82, 2.24) is 4.90 Å². The van der Waals surface area contributed by atoms with Gasteiger partial charge in [-0.3, -0.25) is 19.7 Å². The topological polar surface area (TPSA) is 125 Å². The minimum Gasteiger partial charge on any atom is -0.465 e. The SMILES string of the molecule is COC(=O)c1ccc(N2CCCC2)c(NC(=O)c2ccc(N3CCN(C(C)=O)CC3)c([N+](=O)[O-])c2)c1. The number of carbonyl (C=O) groups excluding carboxylic acids is 3. The number of benzene rings is 2. The molecule has 2 aromatic rings. The maximum atomic E-state index is 13.2. The molecule has 2 aliphatic rings.